The molecule has 1 heterocycles. The van der Waals surface area contributed by atoms with Crippen molar-refractivity contribution in [2.24, 2.45) is 0 Å². The maximum Gasteiger partial charge on any atom is 0.0374 e. The fraction of sp³-hybridized carbons (Fsp3) is 0.571. The molecule has 0 bridgehead atoms. The quantitative estimate of drug-likeness (QED) is 0.837. The van der Waals surface area contributed by atoms with Gasteiger partial charge < -0.3 is 10.2 Å². The zero-order chi connectivity index (χ0) is 11.5. The van der Waals surface area contributed by atoms with E-state index in [2.05, 4.69) is 49.3 Å². The SMILES string of the molecule is CCC(C)N(C)c1ccc2c(c1)CCCN2. The van der Waals surface area contributed by atoms with Gasteiger partial charge in [0.15, 0.2) is 0 Å². The van der Waals surface area contributed by atoms with Crippen LogP contribution in [0.1, 0.15) is 32.3 Å². The average Bonchev–Trinajstić information content (AvgIpc) is 2.36. The Balaban J connectivity index is 2.22. The fourth-order valence-electron chi connectivity index (χ4n) is 2.21. The van der Waals surface area contributed by atoms with Gasteiger partial charge in [-0.2, -0.15) is 0 Å². The summed E-state index contributed by atoms with van der Waals surface area (Å²) in [4.78, 5) is 2.37. The molecule has 0 amide bonds. The lowest BCUT2D eigenvalue weighted by molar-refractivity contribution is 0.663. The summed E-state index contributed by atoms with van der Waals surface area (Å²) in [5.41, 5.74) is 4.14. The molecule has 0 radical (unpaired) electrons. The van der Waals surface area contributed by atoms with Crippen molar-refractivity contribution in [1.29, 1.82) is 0 Å². The highest BCUT2D eigenvalue weighted by Crippen LogP contribution is 2.27. The number of hydrogen-bond donors (Lipinski definition) is 1. The van der Waals surface area contributed by atoms with Gasteiger partial charge in [-0.15, -0.1) is 0 Å². The first-order chi connectivity index (χ1) is 7.72. The first-order valence-corrected chi connectivity index (χ1v) is 6.32. The number of nitrogens with one attached hydrogen (secondary N) is 1. The van der Waals surface area contributed by atoms with Crippen molar-refractivity contribution in [3.63, 3.8) is 0 Å². The number of hydrogen-bond acceptors (Lipinski definition) is 2. The molecule has 2 heteroatoms. The molecule has 2 nitrogen and oxygen atoms in total. The number of fused-ring (bicyclic) bond motifs is 1. The van der Waals surface area contributed by atoms with Gasteiger partial charge >= 0.3 is 0 Å². The molecule has 0 aliphatic carbocycles. The molecule has 1 aliphatic heterocycles. The summed E-state index contributed by atoms with van der Waals surface area (Å²) in [6.07, 6.45) is 3.65. The van der Waals surface area contributed by atoms with Crippen molar-refractivity contribution in [3.8, 4) is 0 Å². The van der Waals surface area contributed by atoms with E-state index in [0.717, 1.165) is 6.54 Å². The van der Waals surface area contributed by atoms with Crippen LogP contribution >= 0.6 is 0 Å². The van der Waals surface area contributed by atoms with Gasteiger partial charge in [-0.1, -0.05) is 6.92 Å². The van der Waals surface area contributed by atoms with Crippen molar-refractivity contribution in [1.82, 2.24) is 0 Å². The Bertz CT molecular complexity index is 360. The molecule has 1 aliphatic rings. The summed E-state index contributed by atoms with van der Waals surface area (Å²) in [5.74, 6) is 0. The van der Waals surface area contributed by atoms with Crippen LogP contribution in [0.15, 0.2) is 18.2 Å². The highest BCUT2D eigenvalue weighted by Gasteiger charge is 2.12. The van der Waals surface area contributed by atoms with Gasteiger partial charge in [0.1, 0.15) is 0 Å². The fourth-order valence-corrected chi connectivity index (χ4v) is 2.21. The Kier molecular flexibility index (Phi) is 3.37. The minimum atomic E-state index is 0.606. The standard InChI is InChI=1S/C14H22N2/c1-4-11(2)16(3)13-7-8-14-12(10-13)6-5-9-15-14/h7-8,10-11,15H,4-6,9H2,1-3H3. The molecule has 0 saturated heterocycles. The topological polar surface area (TPSA) is 15.3 Å². The molecule has 2 rings (SSSR count). The van der Waals surface area contributed by atoms with E-state index in [1.54, 1.807) is 0 Å². The molecule has 1 unspecified atom stereocenters. The maximum atomic E-state index is 3.45. The summed E-state index contributed by atoms with van der Waals surface area (Å²) >= 11 is 0. The Morgan fingerprint density at radius 2 is 2.25 bits per heavy atom. The van der Waals surface area contributed by atoms with Gasteiger partial charge in [-0.3, -0.25) is 0 Å². The molecule has 1 aromatic carbocycles. The Morgan fingerprint density at radius 3 is 3.00 bits per heavy atom. The van der Waals surface area contributed by atoms with Crippen LogP contribution in [-0.2, 0) is 6.42 Å². The second-order valence-corrected chi connectivity index (χ2v) is 4.74. The van der Waals surface area contributed by atoms with E-state index in [1.165, 1.54) is 36.2 Å². The lowest BCUT2D eigenvalue weighted by Crippen LogP contribution is -2.28. The largest absolute Gasteiger partial charge is 0.385 e. The Hall–Kier alpha value is -1.18. The highest BCUT2D eigenvalue weighted by molar-refractivity contribution is 5.61. The number of rotatable bonds is 3. The molecule has 1 atom stereocenters. The van der Waals surface area contributed by atoms with Crippen LogP contribution in [0.2, 0.25) is 0 Å². The zero-order valence-electron chi connectivity index (χ0n) is 10.6. The van der Waals surface area contributed by atoms with Crippen LogP contribution in [0.5, 0.6) is 0 Å². The summed E-state index contributed by atoms with van der Waals surface area (Å²) in [6, 6.07) is 7.40. The third kappa shape index (κ3) is 2.16. The normalized spacial score (nSPS) is 16.2. The Morgan fingerprint density at radius 1 is 1.44 bits per heavy atom. The lowest BCUT2D eigenvalue weighted by Gasteiger charge is -2.28. The van der Waals surface area contributed by atoms with Crippen LogP contribution in [0.4, 0.5) is 11.4 Å². The second-order valence-electron chi connectivity index (χ2n) is 4.74. The predicted octanol–water partition coefficient (Wildman–Crippen LogP) is 3.28. The van der Waals surface area contributed by atoms with E-state index >= 15 is 0 Å². The molecule has 1 aromatic rings. The Labute approximate surface area is 98.7 Å². The number of nitrogens with zero attached hydrogens (tertiary/aromatic N) is 1. The van der Waals surface area contributed by atoms with Crippen LogP contribution < -0.4 is 10.2 Å². The van der Waals surface area contributed by atoms with E-state index in [-0.39, 0.29) is 0 Å². The summed E-state index contributed by atoms with van der Waals surface area (Å²) in [6.45, 7) is 5.63. The highest BCUT2D eigenvalue weighted by atomic mass is 15.1. The average molecular weight is 218 g/mol. The van der Waals surface area contributed by atoms with E-state index in [4.69, 9.17) is 0 Å². The van der Waals surface area contributed by atoms with Gasteiger partial charge in [-0.25, -0.2) is 0 Å². The van der Waals surface area contributed by atoms with Crippen molar-refractivity contribution in [3.05, 3.63) is 23.8 Å². The lowest BCUT2D eigenvalue weighted by atomic mass is 10.0. The number of benzene rings is 1. The van der Waals surface area contributed by atoms with Gasteiger partial charge in [-0.05, 0) is 49.9 Å². The van der Waals surface area contributed by atoms with Crippen LogP contribution in [0.25, 0.3) is 0 Å². The first-order valence-electron chi connectivity index (χ1n) is 6.32. The molecule has 88 valence electrons. The number of aryl methyl sites for hydroxylation is 1. The molecule has 1 N–H and O–H groups in total. The van der Waals surface area contributed by atoms with Crippen LogP contribution in [0, 0.1) is 0 Å². The van der Waals surface area contributed by atoms with Gasteiger partial charge in [0, 0.05) is 31.0 Å². The second kappa shape index (κ2) is 4.77. The number of anilines is 2. The van der Waals surface area contributed by atoms with Crippen LogP contribution in [0.3, 0.4) is 0 Å². The first kappa shape index (κ1) is 11.3. The predicted molar refractivity (Wildman–Crippen MR) is 71.4 cm³/mol. The maximum absolute atomic E-state index is 3.45. The van der Waals surface area contributed by atoms with Crippen molar-refractivity contribution in [2.45, 2.75) is 39.2 Å². The molecule has 0 saturated carbocycles. The van der Waals surface area contributed by atoms with Gasteiger partial charge in [0.05, 0.1) is 0 Å². The molecular weight excluding hydrogens is 196 g/mol. The van der Waals surface area contributed by atoms with E-state index in [9.17, 15) is 0 Å². The molecular formula is C14H22N2. The van der Waals surface area contributed by atoms with Crippen LogP contribution in [-0.4, -0.2) is 19.6 Å². The van der Waals surface area contributed by atoms with Crippen molar-refractivity contribution < 1.29 is 0 Å². The summed E-state index contributed by atoms with van der Waals surface area (Å²) in [5, 5.41) is 3.45. The zero-order valence-corrected chi connectivity index (χ0v) is 10.6. The molecule has 16 heavy (non-hydrogen) atoms. The smallest absolute Gasteiger partial charge is 0.0374 e. The summed E-state index contributed by atoms with van der Waals surface area (Å²) < 4.78 is 0. The molecule has 0 spiro atoms. The molecule has 0 fully saturated rings. The van der Waals surface area contributed by atoms with E-state index in [0.29, 0.717) is 6.04 Å². The molecule has 0 aromatic heterocycles. The van der Waals surface area contributed by atoms with E-state index < -0.39 is 0 Å². The van der Waals surface area contributed by atoms with Gasteiger partial charge in [0.25, 0.3) is 0 Å². The van der Waals surface area contributed by atoms with Gasteiger partial charge in [0.2, 0.25) is 0 Å². The third-order valence-electron chi connectivity index (χ3n) is 3.69. The monoisotopic (exact) mass is 218 g/mol. The minimum Gasteiger partial charge on any atom is -0.385 e. The minimum absolute atomic E-state index is 0.606. The third-order valence-corrected chi connectivity index (χ3v) is 3.69. The van der Waals surface area contributed by atoms with E-state index in [1.807, 2.05) is 0 Å². The summed E-state index contributed by atoms with van der Waals surface area (Å²) in [7, 11) is 2.19. The van der Waals surface area contributed by atoms with Crippen molar-refractivity contribution >= 4 is 11.4 Å². The van der Waals surface area contributed by atoms with Crippen molar-refractivity contribution in [2.75, 3.05) is 23.8 Å².